The number of benzene rings is 1. The summed E-state index contributed by atoms with van der Waals surface area (Å²) in [5, 5.41) is 0. The van der Waals surface area contributed by atoms with E-state index >= 15 is 0 Å². The van der Waals surface area contributed by atoms with Crippen molar-refractivity contribution >= 4 is 27.8 Å². The molecule has 1 amide bonds. The smallest absolute Gasteiger partial charge is 0.410 e. The van der Waals surface area contributed by atoms with E-state index in [4.69, 9.17) is 9.47 Å². The van der Waals surface area contributed by atoms with Gasteiger partial charge in [0.05, 0.1) is 18.5 Å². The molecule has 1 spiro atoms. The van der Waals surface area contributed by atoms with Crippen molar-refractivity contribution in [2.24, 2.45) is 0 Å². The fraction of sp³-hybridized carbons (Fsp3) is 0.529. The van der Waals surface area contributed by atoms with E-state index in [2.05, 4.69) is 15.9 Å². The molecule has 0 N–H and O–H groups in total. The van der Waals surface area contributed by atoms with Gasteiger partial charge in [0, 0.05) is 17.4 Å². The first-order valence-corrected chi connectivity index (χ1v) is 8.47. The molecular weight excluding hydrogens is 362 g/mol. The van der Waals surface area contributed by atoms with Crippen molar-refractivity contribution < 1.29 is 19.1 Å². The highest BCUT2D eigenvalue weighted by atomic mass is 79.9. The Morgan fingerprint density at radius 3 is 2.83 bits per heavy atom. The third kappa shape index (κ3) is 3.37. The average molecular weight is 382 g/mol. The Morgan fingerprint density at radius 2 is 2.13 bits per heavy atom. The number of halogens is 1. The van der Waals surface area contributed by atoms with Crippen molar-refractivity contribution in [2.45, 2.75) is 44.8 Å². The number of nitrogens with zero attached hydrogens (tertiary/aromatic N) is 1. The largest absolute Gasteiger partial charge is 0.484 e. The Bertz CT molecular complexity index is 667. The van der Waals surface area contributed by atoms with Crippen LogP contribution < -0.4 is 4.74 Å². The molecule has 6 heteroatoms. The molecule has 0 unspecified atom stereocenters. The number of carbonyl (C=O) groups excluding carboxylic acids is 2. The number of ether oxygens (including phenoxy) is 2. The van der Waals surface area contributed by atoms with E-state index in [0.29, 0.717) is 30.8 Å². The van der Waals surface area contributed by atoms with Crippen molar-refractivity contribution in [3.63, 3.8) is 0 Å². The lowest BCUT2D eigenvalue weighted by atomic mass is 9.89. The summed E-state index contributed by atoms with van der Waals surface area (Å²) < 4.78 is 12.4. The highest BCUT2D eigenvalue weighted by Crippen LogP contribution is 2.39. The molecule has 1 atom stereocenters. The number of likely N-dealkylation sites (tertiary alicyclic amines) is 1. The first kappa shape index (κ1) is 16.3. The van der Waals surface area contributed by atoms with Crippen LogP contribution in [0.2, 0.25) is 0 Å². The molecule has 0 radical (unpaired) electrons. The Morgan fingerprint density at radius 1 is 1.39 bits per heavy atom. The SMILES string of the molecule is CC(C)(C)OC(=O)N1CC[C@]2(CC(=O)c3cc(Br)ccc3O2)C1. The van der Waals surface area contributed by atoms with E-state index < -0.39 is 11.2 Å². The summed E-state index contributed by atoms with van der Waals surface area (Å²) in [4.78, 5) is 26.3. The number of ketones is 1. The molecule has 1 aromatic rings. The Balaban J connectivity index is 1.77. The van der Waals surface area contributed by atoms with E-state index in [0.717, 1.165) is 4.47 Å². The lowest BCUT2D eigenvalue weighted by Gasteiger charge is -2.34. The Kier molecular flexibility index (Phi) is 3.91. The highest BCUT2D eigenvalue weighted by molar-refractivity contribution is 9.10. The van der Waals surface area contributed by atoms with E-state index in [1.165, 1.54) is 0 Å². The van der Waals surface area contributed by atoms with Crippen LogP contribution in [-0.4, -0.2) is 41.1 Å². The molecule has 2 aliphatic heterocycles. The molecule has 0 saturated carbocycles. The van der Waals surface area contributed by atoms with Crippen LogP contribution in [0.5, 0.6) is 5.75 Å². The van der Waals surface area contributed by atoms with Crippen molar-refractivity contribution in [3.8, 4) is 5.75 Å². The highest BCUT2D eigenvalue weighted by Gasteiger charge is 2.47. The van der Waals surface area contributed by atoms with Crippen LogP contribution in [0, 0.1) is 0 Å². The van der Waals surface area contributed by atoms with Gasteiger partial charge in [0.1, 0.15) is 17.0 Å². The van der Waals surface area contributed by atoms with E-state index in [9.17, 15) is 9.59 Å². The maximum atomic E-state index is 12.5. The molecule has 2 aliphatic rings. The Labute approximate surface area is 144 Å². The zero-order chi connectivity index (χ0) is 16.8. The minimum Gasteiger partial charge on any atom is -0.484 e. The monoisotopic (exact) mass is 381 g/mol. The third-order valence-corrected chi connectivity index (χ3v) is 4.51. The molecule has 0 aromatic heterocycles. The van der Waals surface area contributed by atoms with Crippen LogP contribution in [0.4, 0.5) is 4.79 Å². The van der Waals surface area contributed by atoms with E-state index in [1.54, 1.807) is 17.0 Å². The number of hydrogen-bond donors (Lipinski definition) is 0. The van der Waals surface area contributed by atoms with Crippen LogP contribution in [-0.2, 0) is 4.74 Å². The molecule has 2 heterocycles. The summed E-state index contributed by atoms with van der Waals surface area (Å²) in [5.74, 6) is 0.647. The summed E-state index contributed by atoms with van der Waals surface area (Å²) in [6.45, 7) is 6.43. The number of fused-ring (bicyclic) bond motifs is 1. The molecule has 0 bridgehead atoms. The standard InChI is InChI=1S/C17H20BrNO4/c1-16(2,3)23-15(21)19-7-6-17(10-19)9-13(20)12-8-11(18)4-5-14(12)22-17/h4-5,8H,6-7,9-10H2,1-3H3/t17-/m0/s1. The molecule has 1 aromatic carbocycles. The second-order valence-electron chi connectivity index (χ2n) is 7.18. The topological polar surface area (TPSA) is 55.8 Å². The Hall–Kier alpha value is -1.56. The van der Waals surface area contributed by atoms with Crippen LogP contribution in [0.15, 0.2) is 22.7 Å². The van der Waals surface area contributed by atoms with Crippen molar-refractivity contribution in [3.05, 3.63) is 28.2 Å². The second-order valence-corrected chi connectivity index (χ2v) is 8.09. The lowest BCUT2D eigenvalue weighted by molar-refractivity contribution is 0.0171. The van der Waals surface area contributed by atoms with Crippen LogP contribution in [0.25, 0.3) is 0 Å². The normalized spacial score (nSPS) is 23.7. The quantitative estimate of drug-likeness (QED) is 0.685. The zero-order valence-electron chi connectivity index (χ0n) is 13.5. The number of amides is 1. The maximum Gasteiger partial charge on any atom is 0.410 e. The fourth-order valence-electron chi connectivity index (χ4n) is 3.02. The summed E-state index contributed by atoms with van der Waals surface area (Å²) in [6.07, 6.45) is 0.565. The predicted octanol–water partition coefficient (Wildman–Crippen LogP) is 3.79. The first-order valence-electron chi connectivity index (χ1n) is 7.67. The van der Waals surface area contributed by atoms with Gasteiger partial charge in [0.25, 0.3) is 0 Å². The molecular formula is C17H20BrNO4. The number of rotatable bonds is 0. The van der Waals surface area contributed by atoms with Crippen LogP contribution >= 0.6 is 15.9 Å². The number of carbonyl (C=O) groups is 2. The van der Waals surface area contributed by atoms with Gasteiger partial charge in [-0.1, -0.05) is 15.9 Å². The van der Waals surface area contributed by atoms with E-state index in [-0.39, 0.29) is 18.3 Å². The van der Waals surface area contributed by atoms with Gasteiger partial charge >= 0.3 is 6.09 Å². The minimum atomic E-state index is -0.630. The summed E-state index contributed by atoms with van der Waals surface area (Å²) in [5.41, 5.74) is -0.565. The maximum absolute atomic E-state index is 12.5. The molecule has 23 heavy (non-hydrogen) atoms. The van der Waals surface area contributed by atoms with Crippen LogP contribution in [0.1, 0.15) is 44.0 Å². The van der Waals surface area contributed by atoms with Gasteiger partial charge in [-0.15, -0.1) is 0 Å². The second kappa shape index (κ2) is 5.51. The summed E-state index contributed by atoms with van der Waals surface area (Å²) in [6, 6.07) is 5.44. The molecule has 0 aliphatic carbocycles. The number of hydrogen-bond acceptors (Lipinski definition) is 4. The first-order chi connectivity index (χ1) is 10.7. The van der Waals surface area contributed by atoms with Gasteiger partial charge in [-0.2, -0.15) is 0 Å². The van der Waals surface area contributed by atoms with Gasteiger partial charge in [0.15, 0.2) is 5.78 Å². The average Bonchev–Trinajstić information content (AvgIpc) is 2.82. The third-order valence-electron chi connectivity index (χ3n) is 4.02. The fourth-order valence-corrected chi connectivity index (χ4v) is 3.38. The summed E-state index contributed by atoms with van der Waals surface area (Å²) >= 11 is 3.37. The lowest BCUT2D eigenvalue weighted by Crippen LogP contribution is -2.46. The van der Waals surface area contributed by atoms with Gasteiger partial charge < -0.3 is 14.4 Å². The van der Waals surface area contributed by atoms with Crippen molar-refractivity contribution in [1.29, 1.82) is 0 Å². The van der Waals surface area contributed by atoms with Crippen molar-refractivity contribution in [1.82, 2.24) is 4.90 Å². The molecule has 1 saturated heterocycles. The summed E-state index contributed by atoms with van der Waals surface area (Å²) in [7, 11) is 0. The minimum absolute atomic E-state index is 0.0542. The van der Waals surface area contributed by atoms with Gasteiger partial charge in [-0.05, 0) is 39.0 Å². The molecule has 1 fully saturated rings. The van der Waals surface area contributed by atoms with Crippen LogP contribution in [0.3, 0.4) is 0 Å². The van der Waals surface area contributed by atoms with E-state index in [1.807, 2.05) is 26.8 Å². The number of Topliss-reactive ketones (excluding diaryl/α,β-unsaturated/α-hetero) is 1. The predicted molar refractivity (Wildman–Crippen MR) is 88.9 cm³/mol. The molecule has 3 rings (SSSR count). The molecule has 124 valence electrons. The van der Waals surface area contributed by atoms with Gasteiger partial charge in [0.2, 0.25) is 0 Å². The zero-order valence-corrected chi connectivity index (χ0v) is 15.1. The van der Waals surface area contributed by atoms with Gasteiger partial charge in [-0.3, -0.25) is 4.79 Å². The van der Waals surface area contributed by atoms with Crippen molar-refractivity contribution in [2.75, 3.05) is 13.1 Å². The van der Waals surface area contributed by atoms with Gasteiger partial charge in [-0.25, -0.2) is 4.79 Å². The molecule has 5 nitrogen and oxygen atoms in total.